The minimum atomic E-state index is -0.737. The normalized spacial score (nSPS) is 23.0. The van der Waals surface area contributed by atoms with Gasteiger partial charge in [0.15, 0.2) is 0 Å². The first-order valence-corrected chi connectivity index (χ1v) is 9.56. The Kier molecular flexibility index (Phi) is 8.98. The van der Waals surface area contributed by atoms with Crippen molar-refractivity contribution < 1.29 is 19.7 Å². The van der Waals surface area contributed by atoms with Gasteiger partial charge in [0.05, 0.1) is 12.7 Å². The summed E-state index contributed by atoms with van der Waals surface area (Å²) in [5, 5.41) is 18.8. The van der Waals surface area contributed by atoms with Gasteiger partial charge in [-0.2, -0.15) is 0 Å². The molecule has 142 valence electrons. The molecule has 1 aliphatic carbocycles. The molecule has 1 aliphatic rings. The lowest BCUT2D eigenvalue weighted by Gasteiger charge is -2.17. The highest BCUT2D eigenvalue weighted by atomic mass is 16.5. The molecule has 1 aromatic carbocycles. The number of hydrogen-bond acceptors (Lipinski definition) is 3. The van der Waals surface area contributed by atoms with Gasteiger partial charge in [-0.3, -0.25) is 4.79 Å². The number of allylic oxidation sites excluding steroid dienone is 2. The monoisotopic (exact) mass is 358 g/mol. The summed E-state index contributed by atoms with van der Waals surface area (Å²) in [5.74, 6) is 0.814. The van der Waals surface area contributed by atoms with Gasteiger partial charge in [-0.1, -0.05) is 42.5 Å². The highest BCUT2D eigenvalue weighted by molar-refractivity contribution is 5.66. The Bertz CT molecular complexity index is 579. The SMILES string of the molecule is O=C(O)CCC/C=C\C[C@H]1CC[C@@H](O)C1/C=C/CCOc1ccccc1. The summed E-state index contributed by atoms with van der Waals surface area (Å²) < 4.78 is 5.68. The summed E-state index contributed by atoms with van der Waals surface area (Å²) in [6.07, 6.45) is 13.6. The number of rotatable bonds is 11. The van der Waals surface area contributed by atoms with E-state index >= 15 is 0 Å². The lowest BCUT2D eigenvalue weighted by molar-refractivity contribution is -0.137. The molecule has 0 amide bonds. The smallest absolute Gasteiger partial charge is 0.303 e. The van der Waals surface area contributed by atoms with Crippen molar-refractivity contribution in [3.05, 3.63) is 54.6 Å². The predicted molar refractivity (Wildman–Crippen MR) is 103 cm³/mol. The second-order valence-corrected chi connectivity index (χ2v) is 6.85. The molecule has 0 heterocycles. The number of carboxylic acids is 1. The molecule has 2 N–H and O–H groups in total. The minimum absolute atomic E-state index is 0.204. The van der Waals surface area contributed by atoms with Crippen molar-refractivity contribution in [2.24, 2.45) is 11.8 Å². The van der Waals surface area contributed by atoms with Crippen LogP contribution in [0.2, 0.25) is 0 Å². The summed E-state index contributed by atoms with van der Waals surface area (Å²) in [6, 6.07) is 9.78. The topological polar surface area (TPSA) is 66.8 Å². The summed E-state index contributed by atoms with van der Waals surface area (Å²) in [4.78, 5) is 10.5. The second-order valence-electron chi connectivity index (χ2n) is 6.85. The minimum Gasteiger partial charge on any atom is -0.493 e. The average molecular weight is 358 g/mol. The van der Waals surface area contributed by atoms with Crippen LogP contribution >= 0.6 is 0 Å². The number of carbonyl (C=O) groups is 1. The molecule has 0 aliphatic heterocycles. The maximum Gasteiger partial charge on any atom is 0.303 e. The number of carboxylic acid groups (broad SMARTS) is 1. The Hall–Kier alpha value is -2.07. The van der Waals surface area contributed by atoms with Crippen LogP contribution in [0.3, 0.4) is 0 Å². The van der Waals surface area contributed by atoms with E-state index in [4.69, 9.17) is 9.84 Å². The van der Waals surface area contributed by atoms with Crippen LogP contribution in [-0.2, 0) is 4.79 Å². The fourth-order valence-corrected chi connectivity index (χ4v) is 3.42. The average Bonchev–Trinajstić information content (AvgIpc) is 2.98. The first-order valence-electron chi connectivity index (χ1n) is 9.56. The number of hydrogen-bond donors (Lipinski definition) is 2. The Labute approximate surface area is 156 Å². The zero-order valence-corrected chi connectivity index (χ0v) is 15.3. The third-order valence-corrected chi connectivity index (χ3v) is 4.84. The third-order valence-electron chi connectivity index (χ3n) is 4.84. The molecule has 1 unspecified atom stereocenters. The van der Waals surface area contributed by atoms with Crippen LogP contribution in [0.15, 0.2) is 54.6 Å². The van der Waals surface area contributed by atoms with Gasteiger partial charge < -0.3 is 14.9 Å². The molecule has 0 bridgehead atoms. The van der Waals surface area contributed by atoms with Gasteiger partial charge in [0.2, 0.25) is 0 Å². The maximum atomic E-state index is 10.5. The zero-order valence-electron chi connectivity index (χ0n) is 15.3. The molecule has 1 saturated carbocycles. The zero-order chi connectivity index (χ0) is 18.6. The number of aliphatic carboxylic acids is 1. The first kappa shape index (κ1) is 20.2. The van der Waals surface area contributed by atoms with Crippen LogP contribution in [0.1, 0.15) is 44.9 Å². The number of aliphatic hydroxyl groups is 1. The molecular weight excluding hydrogens is 328 g/mol. The number of benzene rings is 1. The van der Waals surface area contributed by atoms with Crippen LogP contribution in [0.25, 0.3) is 0 Å². The maximum absolute atomic E-state index is 10.5. The fourth-order valence-electron chi connectivity index (χ4n) is 3.42. The molecule has 2 rings (SSSR count). The largest absolute Gasteiger partial charge is 0.493 e. The molecule has 26 heavy (non-hydrogen) atoms. The Morgan fingerprint density at radius 3 is 2.69 bits per heavy atom. The van der Waals surface area contributed by atoms with Crippen LogP contribution in [0.5, 0.6) is 5.75 Å². The van der Waals surface area contributed by atoms with Crippen molar-refractivity contribution in [1.82, 2.24) is 0 Å². The van der Waals surface area contributed by atoms with Crippen molar-refractivity contribution >= 4 is 5.97 Å². The van der Waals surface area contributed by atoms with E-state index in [1.165, 1.54) is 0 Å². The third kappa shape index (κ3) is 7.44. The van der Waals surface area contributed by atoms with Crippen molar-refractivity contribution in [1.29, 1.82) is 0 Å². The van der Waals surface area contributed by atoms with Crippen molar-refractivity contribution in [3.63, 3.8) is 0 Å². The van der Waals surface area contributed by atoms with Gasteiger partial charge in [-0.15, -0.1) is 0 Å². The van der Waals surface area contributed by atoms with E-state index in [1.54, 1.807) is 0 Å². The lowest BCUT2D eigenvalue weighted by Crippen LogP contribution is -2.16. The van der Waals surface area contributed by atoms with Crippen molar-refractivity contribution in [3.8, 4) is 5.75 Å². The summed E-state index contributed by atoms with van der Waals surface area (Å²) >= 11 is 0. The standard InChI is InChI=1S/C22H30O4/c23-21-16-15-18(10-4-1-2-7-14-22(24)25)20(21)13-8-9-17-26-19-11-5-3-6-12-19/h1,3-6,8,11-13,18,20-21,23H,2,7,9-10,14-17H2,(H,24,25)/b4-1-,13-8+/t18-,20?,21+/m0/s1. The number of unbranched alkanes of at least 4 members (excludes halogenated alkanes) is 1. The quantitative estimate of drug-likeness (QED) is 0.448. The van der Waals surface area contributed by atoms with Gasteiger partial charge in [0.1, 0.15) is 5.75 Å². The predicted octanol–water partition coefficient (Wildman–Crippen LogP) is 4.60. The van der Waals surface area contributed by atoms with Crippen LogP contribution in [-0.4, -0.2) is 28.9 Å². The molecule has 1 fully saturated rings. The van der Waals surface area contributed by atoms with E-state index in [-0.39, 0.29) is 18.4 Å². The van der Waals surface area contributed by atoms with Gasteiger partial charge >= 0.3 is 5.97 Å². The molecule has 0 spiro atoms. The van der Waals surface area contributed by atoms with Crippen LogP contribution in [0, 0.1) is 11.8 Å². The molecule has 0 saturated heterocycles. The molecule has 1 aromatic rings. The van der Waals surface area contributed by atoms with Crippen molar-refractivity contribution in [2.75, 3.05) is 6.61 Å². The Balaban J connectivity index is 1.68. The fraction of sp³-hybridized carbons (Fsp3) is 0.500. The molecule has 0 radical (unpaired) electrons. The van der Waals surface area contributed by atoms with E-state index in [2.05, 4.69) is 24.3 Å². The Morgan fingerprint density at radius 2 is 1.92 bits per heavy atom. The summed E-state index contributed by atoms with van der Waals surface area (Å²) in [6.45, 7) is 0.636. The molecule has 4 heteroatoms. The van der Waals surface area contributed by atoms with Crippen LogP contribution < -0.4 is 4.74 Å². The van der Waals surface area contributed by atoms with Gasteiger partial charge in [0, 0.05) is 12.3 Å². The van der Waals surface area contributed by atoms with Crippen LogP contribution in [0.4, 0.5) is 0 Å². The van der Waals surface area contributed by atoms with E-state index in [0.717, 1.165) is 37.9 Å². The van der Waals surface area contributed by atoms with E-state index < -0.39 is 5.97 Å². The van der Waals surface area contributed by atoms with E-state index in [1.807, 2.05) is 30.3 Å². The molecule has 0 aromatic heterocycles. The lowest BCUT2D eigenvalue weighted by atomic mass is 9.91. The van der Waals surface area contributed by atoms with Gasteiger partial charge in [-0.25, -0.2) is 0 Å². The first-order chi connectivity index (χ1) is 12.7. The number of ether oxygens (including phenoxy) is 1. The van der Waals surface area contributed by atoms with E-state index in [9.17, 15) is 9.90 Å². The second kappa shape index (κ2) is 11.5. The number of para-hydroxylation sites is 1. The van der Waals surface area contributed by atoms with Crippen molar-refractivity contribution in [2.45, 2.75) is 51.0 Å². The van der Waals surface area contributed by atoms with E-state index in [0.29, 0.717) is 18.9 Å². The summed E-state index contributed by atoms with van der Waals surface area (Å²) in [5.41, 5.74) is 0. The molecule has 4 nitrogen and oxygen atoms in total. The molecule has 3 atom stereocenters. The highest BCUT2D eigenvalue weighted by Gasteiger charge is 2.31. The number of aliphatic hydroxyl groups excluding tert-OH is 1. The highest BCUT2D eigenvalue weighted by Crippen LogP contribution is 2.35. The Morgan fingerprint density at radius 1 is 1.12 bits per heavy atom. The summed E-state index contributed by atoms with van der Waals surface area (Å²) in [7, 11) is 0. The molecular formula is C22H30O4. The van der Waals surface area contributed by atoms with Gasteiger partial charge in [0.25, 0.3) is 0 Å². The van der Waals surface area contributed by atoms with Gasteiger partial charge in [-0.05, 0) is 56.6 Å².